The number of alkyl halides is 3. The van der Waals surface area contributed by atoms with Crippen molar-refractivity contribution in [3.63, 3.8) is 0 Å². The number of hydrogen-bond donors (Lipinski definition) is 2. The number of likely N-dealkylation sites (N-methyl/N-ethyl adjacent to an activating group) is 1. The number of nitrogens with zero attached hydrogens (tertiary/aromatic N) is 2. The highest BCUT2D eigenvalue weighted by atomic mass is 127. The van der Waals surface area contributed by atoms with E-state index in [4.69, 9.17) is 0 Å². The summed E-state index contributed by atoms with van der Waals surface area (Å²) in [5.41, 5.74) is 0.00122. The Morgan fingerprint density at radius 2 is 1.94 bits per heavy atom. The molecule has 1 aromatic carbocycles. The van der Waals surface area contributed by atoms with E-state index in [0.717, 1.165) is 10.9 Å². The third-order valence-corrected chi connectivity index (χ3v) is 5.41. The maximum Gasteiger partial charge on any atom is 0.416 e. The third-order valence-electron chi connectivity index (χ3n) is 4.53. The molecule has 0 radical (unpaired) electrons. The summed E-state index contributed by atoms with van der Waals surface area (Å²) in [6, 6.07) is 9.37. The summed E-state index contributed by atoms with van der Waals surface area (Å²) in [4.78, 5) is 18.7. The van der Waals surface area contributed by atoms with Gasteiger partial charge in [-0.2, -0.15) is 13.2 Å². The molecule has 31 heavy (non-hydrogen) atoms. The number of guanidine groups is 1. The average molecular weight is 568 g/mol. The Kier molecular flexibility index (Phi) is 11.3. The van der Waals surface area contributed by atoms with Gasteiger partial charge in [0.05, 0.1) is 12.1 Å². The predicted molar refractivity (Wildman–Crippen MR) is 130 cm³/mol. The van der Waals surface area contributed by atoms with Gasteiger partial charge in [-0.05, 0) is 35.4 Å². The third kappa shape index (κ3) is 9.46. The van der Waals surface area contributed by atoms with Gasteiger partial charge in [-0.1, -0.05) is 31.2 Å². The molecular formula is C21H28F3IN4OS. The monoisotopic (exact) mass is 568 g/mol. The van der Waals surface area contributed by atoms with Crippen LogP contribution in [0, 0.1) is 0 Å². The number of aliphatic imine (C=N–C) groups is 1. The molecule has 1 atom stereocenters. The van der Waals surface area contributed by atoms with Crippen LogP contribution in [0.1, 0.15) is 35.3 Å². The largest absolute Gasteiger partial charge is 0.416 e. The van der Waals surface area contributed by atoms with E-state index in [-0.39, 0.29) is 42.3 Å². The summed E-state index contributed by atoms with van der Waals surface area (Å²) < 4.78 is 38.8. The molecule has 0 saturated carbocycles. The number of carbonyl (C=O) groups excluding carboxylic acids is 1. The van der Waals surface area contributed by atoms with Gasteiger partial charge in [0.15, 0.2) is 5.96 Å². The first-order valence-electron chi connectivity index (χ1n) is 9.58. The van der Waals surface area contributed by atoms with Gasteiger partial charge >= 0.3 is 6.18 Å². The highest BCUT2D eigenvalue weighted by Crippen LogP contribution is 2.31. The molecule has 172 valence electrons. The van der Waals surface area contributed by atoms with Crippen LogP contribution in [0.25, 0.3) is 0 Å². The standard InChI is InChI=1S/C21H27F3N4OS.HI/c1-15(16-6-4-7-17(12-16)21(22,23)24)9-10-25-20(27-14-19(29)28(2)3)26-13-18-8-5-11-30-18;/h4-8,11-12,15H,9-10,13-14H2,1-3H3,(H2,25,26,27);1H. The Bertz CT molecular complexity index is 841. The normalized spacial score (nSPS) is 12.6. The van der Waals surface area contributed by atoms with Crippen molar-refractivity contribution < 1.29 is 18.0 Å². The van der Waals surface area contributed by atoms with Crippen molar-refractivity contribution in [2.45, 2.75) is 32.0 Å². The molecule has 0 spiro atoms. The van der Waals surface area contributed by atoms with E-state index in [1.165, 1.54) is 17.0 Å². The zero-order valence-corrected chi connectivity index (χ0v) is 20.8. The molecule has 2 aromatic rings. The molecule has 1 unspecified atom stereocenters. The Balaban J connectivity index is 0.00000480. The number of hydrogen-bond acceptors (Lipinski definition) is 3. The van der Waals surface area contributed by atoms with Crippen LogP contribution in [-0.2, 0) is 17.5 Å². The molecule has 1 amide bonds. The first-order chi connectivity index (χ1) is 14.2. The highest BCUT2D eigenvalue weighted by Gasteiger charge is 2.30. The van der Waals surface area contributed by atoms with Crippen LogP contribution in [0.3, 0.4) is 0 Å². The number of amides is 1. The van der Waals surface area contributed by atoms with E-state index in [1.807, 2.05) is 24.4 Å². The van der Waals surface area contributed by atoms with E-state index < -0.39 is 11.7 Å². The number of halogens is 4. The van der Waals surface area contributed by atoms with Gasteiger partial charge in [0, 0.05) is 25.5 Å². The van der Waals surface area contributed by atoms with E-state index in [1.54, 1.807) is 31.5 Å². The number of rotatable bonds is 8. The smallest absolute Gasteiger partial charge is 0.356 e. The second kappa shape index (κ2) is 12.9. The zero-order chi connectivity index (χ0) is 22.1. The van der Waals surface area contributed by atoms with Gasteiger partial charge in [0.25, 0.3) is 0 Å². The van der Waals surface area contributed by atoms with E-state index in [2.05, 4.69) is 15.6 Å². The average Bonchev–Trinajstić information content (AvgIpc) is 3.22. The van der Waals surface area contributed by atoms with Crippen molar-refractivity contribution in [3.8, 4) is 0 Å². The molecule has 2 rings (SSSR count). The van der Waals surface area contributed by atoms with E-state index >= 15 is 0 Å². The molecule has 2 N–H and O–H groups in total. The minimum absolute atomic E-state index is 0. The van der Waals surface area contributed by atoms with Gasteiger partial charge in [-0.15, -0.1) is 35.3 Å². The quantitative estimate of drug-likeness (QED) is 0.276. The van der Waals surface area contributed by atoms with Crippen LogP contribution in [0.5, 0.6) is 0 Å². The number of benzene rings is 1. The minimum atomic E-state index is -4.35. The predicted octanol–water partition coefficient (Wildman–Crippen LogP) is 4.70. The van der Waals surface area contributed by atoms with Crippen LogP contribution in [-0.4, -0.2) is 44.0 Å². The number of carbonyl (C=O) groups is 1. The van der Waals surface area contributed by atoms with Crippen LogP contribution >= 0.6 is 35.3 Å². The Labute approximate surface area is 202 Å². The van der Waals surface area contributed by atoms with Crippen LogP contribution in [0.15, 0.2) is 46.8 Å². The number of nitrogens with one attached hydrogen (secondary N) is 2. The lowest BCUT2D eigenvalue weighted by Gasteiger charge is -2.17. The lowest BCUT2D eigenvalue weighted by molar-refractivity contribution is -0.137. The van der Waals surface area contributed by atoms with E-state index in [0.29, 0.717) is 31.0 Å². The Morgan fingerprint density at radius 3 is 2.55 bits per heavy atom. The zero-order valence-electron chi connectivity index (χ0n) is 17.7. The fourth-order valence-electron chi connectivity index (χ4n) is 2.64. The van der Waals surface area contributed by atoms with Gasteiger partial charge in [0.1, 0.15) is 6.54 Å². The summed E-state index contributed by atoms with van der Waals surface area (Å²) in [6.07, 6.45) is -3.73. The first kappa shape index (κ1) is 27.2. The second-order valence-corrected chi connectivity index (χ2v) is 8.16. The van der Waals surface area contributed by atoms with Crippen LogP contribution in [0.4, 0.5) is 13.2 Å². The molecular weight excluding hydrogens is 540 g/mol. The molecule has 1 heterocycles. The lowest BCUT2D eigenvalue weighted by atomic mass is 9.96. The molecule has 0 bridgehead atoms. The Morgan fingerprint density at radius 1 is 1.19 bits per heavy atom. The van der Waals surface area contributed by atoms with Crippen molar-refractivity contribution in [1.29, 1.82) is 0 Å². The fraction of sp³-hybridized carbons (Fsp3) is 0.429. The molecule has 0 fully saturated rings. The van der Waals surface area contributed by atoms with Gasteiger partial charge in [0.2, 0.25) is 5.91 Å². The van der Waals surface area contributed by atoms with Crippen LogP contribution in [0.2, 0.25) is 0 Å². The van der Waals surface area contributed by atoms with Crippen molar-refractivity contribution in [3.05, 3.63) is 57.8 Å². The van der Waals surface area contributed by atoms with Crippen molar-refractivity contribution in [1.82, 2.24) is 15.5 Å². The molecule has 0 aliphatic carbocycles. The maximum atomic E-state index is 12.9. The van der Waals surface area contributed by atoms with E-state index in [9.17, 15) is 18.0 Å². The molecule has 1 aromatic heterocycles. The fourth-order valence-corrected chi connectivity index (χ4v) is 3.29. The summed E-state index contributed by atoms with van der Waals surface area (Å²) >= 11 is 1.61. The van der Waals surface area contributed by atoms with Crippen molar-refractivity contribution >= 4 is 47.2 Å². The minimum Gasteiger partial charge on any atom is -0.356 e. The van der Waals surface area contributed by atoms with Gasteiger partial charge in [-0.3, -0.25) is 4.79 Å². The summed E-state index contributed by atoms with van der Waals surface area (Å²) in [5.74, 6) is 0.307. The summed E-state index contributed by atoms with van der Waals surface area (Å²) in [6.45, 7) is 2.98. The van der Waals surface area contributed by atoms with Crippen LogP contribution < -0.4 is 10.6 Å². The summed E-state index contributed by atoms with van der Waals surface area (Å²) in [7, 11) is 3.33. The summed E-state index contributed by atoms with van der Waals surface area (Å²) in [5, 5.41) is 8.34. The molecule has 0 saturated heterocycles. The lowest BCUT2D eigenvalue weighted by Crippen LogP contribution is -2.38. The topological polar surface area (TPSA) is 56.7 Å². The number of thiophene rings is 1. The molecule has 5 nitrogen and oxygen atoms in total. The highest BCUT2D eigenvalue weighted by molar-refractivity contribution is 14.0. The molecule has 10 heteroatoms. The van der Waals surface area contributed by atoms with Crippen molar-refractivity contribution in [2.24, 2.45) is 4.99 Å². The maximum absolute atomic E-state index is 12.9. The molecule has 0 aliphatic rings. The van der Waals surface area contributed by atoms with Gasteiger partial charge in [-0.25, -0.2) is 4.99 Å². The molecule has 0 aliphatic heterocycles. The first-order valence-corrected chi connectivity index (χ1v) is 10.5. The second-order valence-electron chi connectivity index (χ2n) is 7.13. The Hall–Kier alpha value is -1.82. The SMILES string of the molecule is CC(CCNC(=NCC(=O)N(C)C)NCc1cccs1)c1cccc(C(F)(F)F)c1.I. The van der Waals surface area contributed by atoms with Crippen molar-refractivity contribution in [2.75, 3.05) is 27.2 Å². The van der Waals surface area contributed by atoms with Gasteiger partial charge < -0.3 is 15.5 Å².